The van der Waals surface area contributed by atoms with E-state index in [4.69, 9.17) is 30.1 Å². The normalized spacial score (nSPS) is 10.1. The van der Waals surface area contributed by atoms with Gasteiger partial charge >= 0.3 is 17.4 Å². The zero-order chi connectivity index (χ0) is 20.1. The predicted molar refractivity (Wildman–Crippen MR) is 112 cm³/mol. The number of methoxy groups -OCH3 is 1. The Bertz CT molecular complexity index is 681. The predicted octanol–water partition coefficient (Wildman–Crippen LogP) is 5.46. The summed E-state index contributed by atoms with van der Waals surface area (Å²) in [6, 6.07) is 7.23. The summed E-state index contributed by atoms with van der Waals surface area (Å²) in [5.74, 6) is 0.128. The van der Waals surface area contributed by atoms with Gasteiger partial charge in [0.15, 0.2) is 0 Å². The highest BCUT2D eigenvalue weighted by Crippen LogP contribution is 2.26. The molecule has 0 aliphatic rings. The van der Waals surface area contributed by atoms with Gasteiger partial charge < -0.3 is 14.4 Å². The number of imidazole rings is 1. The number of aromatic hydroxyl groups is 1. The van der Waals surface area contributed by atoms with Crippen molar-refractivity contribution in [3.63, 3.8) is 0 Å². The molecule has 0 saturated heterocycles. The molecule has 0 aliphatic heterocycles. The number of benzene rings is 1. The Hall–Kier alpha value is -0.898. The minimum absolute atomic E-state index is 0.125. The van der Waals surface area contributed by atoms with Gasteiger partial charge in [-0.1, -0.05) is 31.4 Å². The van der Waals surface area contributed by atoms with Crippen molar-refractivity contribution < 1.29 is 14.6 Å². The van der Waals surface area contributed by atoms with Crippen LogP contribution in [0.2, 0.25) is 0 Å². The first-order chi connectivity index (χ1) is 12.9. The van der Waals surface area contributed by atoms with Crippen LogP contribution in [-0.4, -0.2) is 39.1 Å². The molecule has 0 aliphatic carbocycles. The van der Waals surface area contributed by atoms with Gasteiger partial charge in [0.25, 0.3) is 0 Å². The number of carbonyl (C=O) groups is 1. The Labute approximate surface area is 177 Å². The van der Waals surface area contributed by atoms with Crippen LogP contribution in [0.3, 0.4) is 0 Å². The van der Waals surface area contributed by atoms with Crippen molar-refractivity contribution in [1.82, 2.24) is 9.55 Å². The molecule has 0 radical (unpaired) electrons. The molecule has 1 heterocycles. The first kappa shape index (κ1) is 24.1. The third-order valence-corrected chi connectivity index (χ3v) is 3.84. The van der Waals surface area contributed by atoms with Gasteiger partial charge in [0.05, 0.1) is 19.1 Å². The van der Waals surface area contributed by atoms with Gasteiger partial charge in [-0.15, -0.1) is 0 Å². The van der Waals surface area contributed by atoms with Crippen molar-refractivity contribution in [1.29, 1.82) is 0 Å². The number of nitrogens with zero attached hydrogens (tertiary/aromatic N) is 2. The smallest absolute Gasteiger partial charge is 0.507 e. The van der Waals surface area contributed by atoms with E-state index in [-0.39, 0.29) is 11.7 Å². The summed E-state index contributed by atoms with van der Waals surface area (Å²) < 4.78 is 6.67. The molecule has 148 valence electrons. The molecule has 0 bridgehead atoms. The lowest BCUT2D eigenvalue weighted by atomic mass is 10.1. The lowest BCUT2D eigenvalue weighted by Gasteiger charge is -2.03. The van der Waals surface area contributed by atoms with Gasteiger partial charge in [-0.05, 0) is 25.0 Å². The molecule has 27 heavy (non-hydrogen) atoms. The molecule has 2 rings (SSSR count). The number of phenols is 1. The number of phenolic OH excluding ortho intramolecular Hbond substituents is 1. The minimum Gasteiger partial charge on any atom is -0.507 e. The molecular weight excluding hydrogens is 426 g/mol. The number of carbonyl (C=O) groups excluding carboxylic acids is 1. The number of rotatable bonds is 9. The molecule has 1 N–H and O–H groups in total. The number of para-hydroxylation sites is 1. The zero-order valence-electron chi connectivity index (χ0n) is 15.3. The minimum atomic E-state index is -1.72. The van der Waals surface area contributed by atoms with E-state index in [1.54, 1.807) is 18.5 Å². The average Bonchev–Trinajstić information content (AvgIpc) is 3.09. The standard InChI is InChI=1S/C18H24N2O3.Al.3ClH/c1-23-18(22)11-5-3-2-4-8-12-20-13-16(19-14-20)15-9-6-7-10-17(15)21;;;;/h6-7,9-10,13-14,21H,2-5,8,11-12H2,1H3;;3*1H/q;+3;;;/p-3. The lowest BCUT2D eigenvalue weighted by Crippen LogP contribution is -1.99. The van der Waals surface area contributed by atoms with Crippen molar-refractivity contribution >= 4 is 47.5 Å². The topological polar surface area (TPSA) is 64.4 Å². The van der Waals surface area contributed by atoms with E-state index in [9.17, 15) is 9.90 Å². The summed E-state index contributed by atoms with van der Waals surface area (Å²) in [4.78, 5) is 15.3. The van der Waals surface area contributed by atoms with Crippen LogP contribution in [0.4, 0.5) is 0 Å². The molecule has 1 aromatic carbocycles. The van der Waals surface area contributed by atoms with Crippen LogP contribution in [0.5, 0.6) is 5.75 Å². The molecule has 1 aromatic heterocycles. The fourth-order valence-corrected chi connectivity index (χ4v) is 2.51. The number of hydrogen-bond donors (Lipinski definition) is 1. The number of ether oxygens (including phenoxy) is 1. The maximum atomic E-state index is 11.0. The number of aromatic nitrogens is 2. The van der Waals surface area contributed by atoms with Gasteiger partial charge in [-0.25, -0.2) is 35.1 Å². The third-order valence-electron chi connectivity index (χ3n) is 3.84. The maximum Gasteiger partial charge on any atom is 0.643 e. The third kappa shape index (κ3) is 10.9. The van der Waals surface area contributed by atoms with Gasteiger partial charge in [0, 0.05) is 24.7 Å². The van der Waals surface area contributed by atoms with E-state index in [1.807, 2.05) is 18.3 Å². The van der Waals surface area contributed by atoms with Crippen LogP contribution in [0.15, 0.2) is 36.8 Å². The molecule has 5 nitrogen and oxygen atoms in total. The largest absolute Gasteiger partial charge is 0.643 e. The summed E-state index contributed by atoms with van der Waals surface area (Å²) in [7, 11) is 16.3. The van der Waals surface area contributed by atoms with Crippen molar-refractivity contribution in [2.45, 2.75) is 45.1 Å². The average molecular weight is 450 g/mol. The summed E-state index contributed by atoms with van der Waals surface area (Å²) in [5, 5.41) is 9.84. The number of aryl methyl sites for hydroxylation is 1. The second-order valence-electron chi connectivity index (χ2n) is 5.86. The summed E-state index contributed by atoms with van der Waals surface area (Å²) in [5.41, 5.74) is 1.55. The molecule has 0 fully saturated rings. The molecule has 0 atom stereocenters. The number of halogens is 3. The van der Waals surface area contributed by atoms with Crippen molar-refractivity contribution in [2.24, 2.45) is 0 Å². The Balaban J connectivity index is 0.000000828. The van der Waals surface area contributed by atoms with E-state index in [2.05, 4.69) is 14.3 Å². The summed E-state index contributed by atoms with van der Waals surface area (Å²) in [6.07, 6.45) is 9.57. The second kappa shape index (κ2) is 14.2. The monoisotopic (exact) mass is 448 g/mol. The highest BCUT2D eigenvalue weighted by Gasteiger charge is 2.06. The first-order valence-corrected chi connectivity index (χ1v) is 14.0. The van der Waals surface area contributed by atoms with Crippen LogP contribution in [0.25, 0.3) is 11.3 Å². The quantitative estimate of drug-likeness (QED) is 0.314. The molecule has 0 spiro atoms. The van der Waals surface area contributed by atoms with Gasteiger partial charge in [0.2, 0.25) is 0 Å². The van der Waals surface area contributed by atoms with Crippen LogP contribution in [0, 0.1) is 0 Å². The number of hydrogen-bond acceptors (Lipinski definition) is 4. The molecular formula is C18H24AlCl3N2O3. The van der Waals surface area contributed by atoms with Crippen LogP contribution in [-0.2, 0) is 16.1 Å². The van der Waals surface area contributed by atoms with Crippen LogP contribution < -0.4 is 0 Å². The van der Waals surface area contributed by atoms with Crippen LogP contribution >= 0.6 is 30.1 Å². The second-order valence-corrected chi connectivity index (χ2v) is 12.3. The van der Waals surface area contributed by atoms with Crippen molar-refractivity contribution in [2.75, 3.05) is 7.11 Å². The van der Waals surface area contributed by atoms with E-state index in [0.29, 0.717) is 6.42 Å². The maximum absolute atomic E-state index is 11.0. The zero-order valence-corrected chi connectivity index (χ0v) is 18.7. The van der Waals surface area contributed by atoms with E-state index in [0.717, 1.165) is 49.9 Å². The molecule has 9 heteroatoms. The van der Waals surface area contributed by atoms with Crippen LogP contribution in [0.1, 0.15) is 38.5 Å². The summed E-state index contributed by atoms with van der Waals surface area (Å²) in [6.45, 7) is 0.914. The Morgan fingerprint density at radius 2 is 1.78 bits per heavy atom. The highest BCUT2D eigenvalue weighted by molar-refractivity contribution is 7.54. The molecule has 0 saturated carbocycles. The fraction of sp³-hybridized carbons (Fsp3) is 0.444. The highest BCUT2D eigenvalue weighted by atomic mass is 35.8. The van der Waals surface area contributed by atoms with Gasteiger partial charge in [-0.2, -0.15) is 0 Å². The Morgan fingerprint density at radius 3 is 2.44 bits per heavy atom. The van der Waals surface area contributed by atoms with E-state index < -0.39 is 11.4 Å². The number of unbranched alkanes of at least 4 members (excludes halogenated alkanes) is 4. The van der Waals surface area contributed by atoms with Gasteiger partial charge in [0.1, 0.15) is 5.75 Å². The first-order valence-electron chi connectivity index (χ1n) is 8.73. The lowest BCUT2D eigenvalue weighted by molar-refractivity contribution is -0.140. The van der Waals surface area contributed by atoms with E-state index >= 15 is 0 Å². The Morgan fingerprint density at radius 1 is 1.15 bits per heavy atom. The molecule has 2 aromatic rings. The van der Waals surface area contributed by atoms with Gasteiger partial charge in [-0.3, -0.25) is 4.79 Å². The number of esters is 1. The van der Waals surface area contributed by atoms with Crippen molar-refractivity contribution in [3.05, 3.63) is 36.8 Å². The van der Waals surface area contributed by atoms with Crippen molar-refractivity contribution in [3.8, 4) is 17.0 Å². The fourth-order valence-electron chi connectivity index (χ4n) is 2.51. The Kier molecular flexibility index (Phi) is 12.7. The molecule has 0 amide bonds. The summed E-state index contributed by atoms with van der Waals surface area (Å²) >= 11 is -1.72. The van der Waals surface area contributed by atoms with E-state index in [1.165, 1.54) is 7.11 Å². The molecule has 0 unspecified atom stereocenters. The SMILES string of the molecule is COC(=O)CCCCCCCn1cnc(-c2ccccc2O)c1.[Cl][Al]([Cl])[Cl].